The van der Waals surface area contributed by atoms with E-state index in [0.717, 1.165) is 66.4 Å². The second kappa shape index (κ2) is 29.6. The fraction of sp³-hybridized carbons (Fsp3) is 0.722. The summed E-state index contributed by atoms with van der Waals surface area (Å²) in [7, 11) is 1.14. The predicted molar refractivity (Wildman–Crippen MR) is 282 cm³/mol. The van der Waals surface area contributed by atoms with Crippen LogP contribution in [0.5, 0.6) is 5.75 Å². The van der Waals surface area contributed by atoms with E-state index < -0.39 is 126 Å². The maximum absolute atomic E-state index is 14.4. The van der Waals surface area contributed by atoms with Gasteiger partial charge < -0.3 is 14.8 Å². The molecular weight excluding hydrogens is 1080 g/mol. The zero-order chi connectivity index (χ0) is 56.3. The van der Waals surface area contributed by atoms with Crippen LogP contribution >= 0.6 is 0 Å². The van der Waals surface area contributed by atoms with Crippen molar-refractivity contribution in [3.63, 3.8) is 0 Å². The average Bonchev–Trinajstić information content (AvgIpc) is 3.74. The Hall–Kier alpha value is -4.83. The van der Waals surface area contributed by atoms with E-state index in [4.69, 9.17) is 42.9 Å². The molecule has 2 heterocycles. The molecule has 0 unspecified atom stereocenters. The molecule has 0 bridgehead atoms. The average molecular weight is 1170 g/mol. The molecule has 0 saturated carbocycles. The van der Waals surface area contributed by atoms with Gasteiger partial charge in [-0.2, -0.15) is 0 Å². The van der Waals surface area contributed by atoms with Crippen molar-refractivity contribution in [1.82, 2.24) is 15.5 Å². The number of ether oxygens (including phenoxy) is 8. The molecule has 422 valence electrons. The standard InChI is InChI=1S/C42H59N4O16.3C4H9.Sn/c1-23-17-30(18-24(2)34(23)59-28(6)50)37(52)43-20-32(58-27(5)49)35(60-29(7)51)36-33(45-25(3)47)31(57-26(4)48)19-42(61-36,38(53)56-12)13-15-44-41(22-55-11)14-16-46(21-41)39(54)62-40(8,9)10;3*1-3-4-2;/h15,17-18,31-33,35-36H,11,13-14,16,19-22H2,1-10,12H3,(H,43,52)(H,45,47);3*1,3-4H2,2H3;/b44-15+;;;;/t31-,32+,33+,35+,36+,41-,42+;;;;/m0..../s1. The number of amides is 3. The molecule has 75 heavy (non-hydrogen) atoms. The summed E-state index contributed by atoms with van der Waals surface area (Å²) in [6.07, 6.45) is 1.18. The van der Waals surface area contributed by atoms with Gasteiger partial charge in [0.25, 0.3) is 5.91 Å². The first kappa shape index (κ1) is 64.5. The third-order valence-corrected chi connectivity index (χ3v) is 27.8. The number of hydrogen-bond donors (Lipinski definition) is 2. The van der Waals surface area contributed by atoms with E-state index in [1.54, 1.807) is 39.5 Å². The van der Waals surface area contributed by atoms with Crippen LogP contribution in [0.1, 0.15) is 155 Å². The molecule has 3 amide bonds. The van der Waals surface area contributed by atoms with Crippen molar-refractivity contribution in [3.05, 3.63) is 28.8 Å². The Morgan fingerprint density at radius 3 is 1.95 bits per heavy atom. The number of carbonyl (C=O) groups excluding carboxylic acids is 8. The van der Waals surface area contributed by atoms with Crippen LogP contribution in [0.15, 0.2) is 17.1 Å². The van der Waals surface area contributed by atoms with Gasteiger partial charge in [0.1, 0.15) is 5.75 Å². The Morgan fingerprint density at radius 1 is 0.867 bits per heavy atom. The molecule has 0 radical (unpaired) electrons. The molecule has 2 aliphatic rings. The van der Waals surface area contributed by atoms with E-state index in [0.29, 0.717) is 28.7 Å². The van der Waals surface area contributed by atoms with Gasteiger partial charge in [-0.05, 0) is 37.1 Å². The van der Waals surface area contributed by atoms with E-state index in [2.05, 4.69) is 31.4 Å². The number of esters is 5. The molecular formula is C54H86N4O16Sn. The van der Waals surface area contributed by atoms with Crippen LogP contribution in [0, 0.1) is 13.8 Å². The number of carbonyl (C=O) groups is 8. The van der Waals surface area contributed by atoms with Gasteiger partial charge >= 0.3 is 305 Å². The number of nitrogens with one attached hydrogen (secondary N) is 2. The number of nitrogens with zero attached hydrogens (tertiary/aromatic N) is 2. The number of methoxy groups -OCH3 is 1. The second-order valence-electron chi connectivity index (χ2n) is 21.3. The van der Waals surface area contributed by atoms with Gasteiger partial charge in [0.2, 0.25) is 5.91 Å². The van der Waals surface area contributed by atoms with E-state index in [9.17, 15) is 38.4 Å². The first-order valence-electron chi connectivity index (χ1n) is 26.4. The van der Waals surface area contributed by atoms with Gasteiger partial charge in [-0.25, -0.2) is 0 Å². The van der Waals surface area contributed by atoms with Crippen LogP contribution in [-0.2, 0) is 61.9 Å². The molecule has 21 heteroatoms. The van der Waals surface area contributed by atoms with Crippen LogP contribution < -0.4 is 15.4 Å². The number of hydrogen-bond acceptors (Lipinski definition) is 17. The number of likely N-dealkylation sites (tertiary alicyclic amines) is 1. The molecule has 7 atom stereocenters. The van der Waals surface area contributed by atoms with Crippen LogP contribution in [0.2, 0.25) is 13.3 Å². The van der Waals surface area contributed by atoms with Crippen molar-refractivity contribution in [2.45, 2.75) is 208 Å². The summed E-state index contributed by atoms with van der Waals surface area (Å²) < 4.78 is 52.0. The summed E-state index contributed by atoms with van der Waals surface area (Å²) in [4.78, 5) is 112. The summed E-state index contributed by atoms with van der Waals surface area (Å²) in [6.45, 7) is 21.3. The molecule has 1 aromatic carbocycles. The number of aryl methyl sites for hydroxylation is 2. The van der Waals surface area contributed by atoms with Crippen molar-refractivity contribution >= 4 is 72.3 Å². The zero-order valence-electron chi connectivity index (χ0n) is 47.1. The molecule has 0 aromatic heterocycles. The molecule has 0 aliphatic carbocycles. The molecule has 2 saturated heterocycles. The van der Waals surface area contributed by atoms with Crippen LogP contribution in [0.25, 0.3) is 0 Å². The Kier molecular flexibility index (Phi) is 25.5. The fourth-order valence-electron chi connectivity index (χ4n) is 9.94. The summed E-state index contributed by atoms with van der Waals surface area (Å²) in [6, 6.07) is 1.65. The van der Waals surface area contributed by atoms with E-state index >= 15 is 0 Å². The summed E-state index contributed by atoms with van der Waals surface area (Å²) in [5, 5.41) is 5.45. The van der Waals surface area contributed by atoms with Gasteiger partial charge in [0.05, 0.1) is 6.54 Å². The molecule has 1 aromatic rings. The van der Waals surface area contributed by atoms with Gasteiger partial charge in [-0.1, -0.05) is 0 Å². The quantitative estimate of drug-likeness (QED) is 0.0290. The van der Waals surface area contributed by atoms with E-state index in [1.165, 1.54) is 45.5 Å². The van der Waals surface area contributed by atoms with Crippen LogP contribution in [0.3, 0.4) is 0 Å². The number of rotatable bonds is 27. The van der Waals surface area contributed by atoms with Crippen LogP contribution in [-0.4, -0.2) is 162 Å². The minimum atomic E-state index is -2.84. The number of benzene rings is 1. The van der Waals surface area contributed by atoms with Crippen molar-refractivity contribution in [1.29, 1.82) is 0 Å². The first-order valence-corrected chi connectivity index (χ1v) is 34.5. The monoisotopic (exact) mass is 1170 g/mol. The zero-order valence-corrected chi connectivity index (χ0v) is 49.9. The summed E-state index contributed by atoms with van der Waals surface area (Å²) in [5.41, 5.74) is -2.68. The molecule has 2 fully saturated rings. The fourth-order valence-corrected chi connectivity index (χ4v) is 24.3. The van der Waals surface area contributed by atoms with Gasteiger partial charge in [-0.3, -0.25) is 28.8 Å². The summed E-state index contributed by atoms with van der Waals surface area (Å²) >= 11 is -2.84. The Labute approximate surface area is 448 Å². The SMILES string of the molecule is CCC[CH2][Sn]([CH2]CCC)([CH2]CCC)[CH2]OC[C@]1(/N=C/C[C@]2(C(=O)OC)C[C@H](OC(C)=O)[C@@H](NC(C)=O)[C@H]([C@H](OC(C)=O)[C@@H](CNC(=O)c3cc(C)c(OC(C)=O)c(C)c3)OC(C)=O)O2)CCN(C(=O)OC(C)(C)C)C1. The third-order valence-electron chi connectivity index (χ3n) is 13.4. The molecule has 2 N–H and O–H groups in total. The first-order chi connectivity index (χ1) is 35.2. The van der Waals surface area contributed by atoms with Crippen LogP contribution in [0.4, 0.5) is 4.79 Å². The van der Waals surface area contributed by atoms with E-state index in [-0.39, 0.29) is 30.9 Å². The van der Waals surface area contributed by atoms with Gasteiger partial charge in [0.15, 0.2) is 0 Å². The van der Waals surface area contributed by atoms with Crippen molar-refractivity contribution < 1.29 is 76.3 Å². The Morgan fingerprint density at radius 2 is 1.45 bits per heavy atom. The maximum atomic E-state index is 14.4. The number of aliphatic imine (C=N–C) groups is 1. The van der Waals surface area contributed by atoms with Gasteiger partial charge in [0, 0.05) is 40.2 Å². The van der Waals surface area contributed by atoms with E-state index in [1.807, 2.05) is 0 Å². The topological polar surface area (TPSA) is 250 Å². The summed E-state index contributed by atoms with van der Waals surface area (Å²) in [5.74, 6) is -5.01. The Bertz CT molecular complexity index is 2140. The predicted octanol–water partition coefficient (Wildman–Crippen LogP) is 7.20. The molecule has 3 rings (SSSR count). The van der Waals surface area contributed by atoms with Gasteiger partial charge in [-0.15, -0.1) is 0 Å². The second-order valence-corrected chi connectivity index (χ2v) is 35.0. The molecule has 20 nitrogen and oxygen atoms in total. The minimum absolute atomic E-state index is 0.148. The van der Waals surface area contributed by atoms with Crippen molar-refractivity contribution in [2.75, 3.05) is 38.0 Å². The van der Waals surface area contributed by atoms with Crippen molar-refractivity contribution in [3.8, 4) is 5.75 Å². The molecule has 0 spiro atoms. The normalized spacial score (nSPS) is 21.6. The third kappa shape index (κ3) is 19.9. The molecule has 2 aliphatic heterocycles. The number of unbranched alkanes of at least 4 members (excludes halogenated alkanes) is 3. The Balaban J connectivity index is 2.20. The van der Waals surface area contributed by atoms with Crippen molar-refractivity contribution in [2.24, 2.45) is 4.99 Å².